The van der Waals surface area contributed by atoms with Crippen LogP contribution in [0.2, 0.25) is 0 Å². The number of hydrogen-bond acceptors (Lipinski definition) is 6. The van der Waals surface area contributed by atoms with E-state index >= 15 is 0 Å². The van der Waals surface area contributed by atoms with Crippen LogP contribution in [0.4, 0.5) is 0 Å². The first-order chi connectivity index (χ1) is 12.0. The number of benzene rings is 2. The SMILES string of the molecule is CC(=O)N[C@@H]1[C@H](Oc2cccc3ccccc23)O[C@@H](CO)[C@@H](O)[C@@H]1O. The third kappa shape index (κ3) is 3.59. The Bertz CT molecular complexity index is 746. The van der Waals surface area contributed by atoms with Gasteiger partial charge < -0.3 is 30.1 Å². The molecule has 2 aromatic carbocycles. The Morgan fingerprint density at radius 3 is 2.60 bits per heavy atom. The average Bonchev–Trinajstić information content (AvgIpc) is 2.61. The molecule has 0 aromatic heterocycles. The van der Waals surface area contributed by atoms with Gasteiger partial charge in [-0.25, -0.2) is 0 Å². The zero-order valence-electron chi connectivity index (χ0n) is 13.7. The standard InChI is InChI=1S/C18H21NO6/c1-10(21)19-15-17(23)16(22)14(9-20)25-18(15)24-13-8-4-6-11-5-2-3-7-12(11)13/h2-8,14-18,20,22-23H,9H2,1H3,(H,19,21)/t14-,15-,16+,17+,18+/m0/s1. The normalized spacial score (nSPS) is 29.4. The molecule has 0 bridgehead atoms. The van der Waals surface area contributed by atoms with Crippen LogP contribution >= 0.6 is 0 Å². The van der Waals surface area contributed by atoms with Crippen molar-refractivity contribution in [1.29, 1.82) is 0 Å². The summed E-state index contributed by atoms with van der Waals surface area (Å²) < 4.78 is 11.5. The largest absolute Gasteiger partial charge is 0.462 e. The molecule has 1 saturated heterocycles. The summed E-state index contributed by atoms with van der Waals surface area (Å²) in [6.07, 6.45) is -4.76. The van der Waals surface area contributed by atoms with E-state index < -0.39 is 43.2 Å². The molecule has 1 fully saturated rings. The van der Waals surface area contributed by atoms with E-state index in [-0.39, 0.29) is 0 Å². The van der Waals surface area contributed by atoms with Crippen molar-refractivity contribution in [3.8, 4) is 5.75 Å². The first-order valence-electron chi connectivity index (χ1n) is 8.05. The second kappa shape index (κ2) is 7.37. The lowest BCUT2D eigenvalue weighted by Crippen LogP contribution is -2.65. The van der Waals surface area contributed by atoms with E-state index in [2.05, 4.69) is 5.32 Å². The molecular weight excluding hydrogens is 326 g/mol. The van der Waals surface area contributed by atoms with Gasteiger partial charge in [0.05, 0.1) is 6.61 Å². The molecule has 134 valence electrons. The number of hydrogen-bond donors (Lipinski definition) is 4. The van der Waals surface area contributed by atoms with E-state index in [0.717, 1.165) is 10.8 Å². The number of carbonyl (C=O) groups is 1. The third-order valence-corrected chi connectivity index (χ3v) is 4.24. The van der Waals surface area contributed by atoms with Crippen molar-refractivity contribution in [3.63, 3.8) is 0 Å². The summed E-state index contributed by atoms with van der Waals surface area (Å²) in [5.74, 6) is 0.118. The number of ether oxygens (including phenoxy) is 2. The fraction of sp³-hybridized carbons (Fsp3) is 0.389. The molecule has 1 aliphatic rings. The summed E-state index contributed by atoms with van der Waals surface area (Å²) in [7, 11) is 0. The molecule has 1 heterocycles. The van der Waals surface area contributed by atoms with E-state index in [1.807, 2.05) is 36.4 Å². The molecule has 4 N–H and O–H groups in total. The van der Waals surface area contributed by atoms with Gasteiger partial charge in [0.25, 0.3) is 0 Å². The Labute approximate surface area is 144 Å². The quantitative estimate of drug-likeness (QED) is 0.628. The maximum absolute atomic E-state index is 11.5. The van der Waals surface area contributed by atoms with Crippen LogP contribution in [0.3, 0.4) is 0 Å². The van der Waals surface area contributed by atoms with Crippen molar-refractivity contribution in [2.45, 2.75) is 37.6 Å². The highest BCUT2D eigenvalue weighted by Crippen LogP contribution is 2.29. The summed E-state index contributed by atoms with van der Waals surface area (Å²) in [6.45, 7) is 0.812. The monoisotopic (exact) mass is 347 g/mol. The van der Waals surface area contributed by atoms with Crippen LogP contribution in [0, 0.1) is 0 Å². The van der Waals surface area contributed by atoms with Gasteiger partial charge in [0, 0.05) is 12.3 Å². The molecular formula is C18H21NO6. The van der Waals surface area contributed by atoms with Gasteiger partial charge in [-0.15, -0.1) is 0 Å². The summed E-state index contributed by atoms with van der Waals surface area (Å²) in [6, 6.07) is 12.1. The summed E-state index contributed by atoms with van der Waals surface area (Å²) in [4.78, 5) is 11.5. The van der Waals surface area contributed by atoms with Gasteiger partial charge in [0.1, 0.15) is 30.1 Å². The highest BCUT2D eigenvalue weighted by molar-refractivity contribution is 5.88. The third-order valence-electron chi connectivity index (χ3n) is 4.24. The Morgan fingerprint density at radius 2 is 1.88 bits per heavy atom. The van der Waals surface area contributed by atoms with E-state index in [9.17, 15) is 20.1 Å². The lowest BCUT2D eigenvalue weighted by atomic mass is 9.97. The number of carbonyl (C=O) groups excluding carboxylic acids is 1. The van der Waals surface area contributed by atoms with E-state index in [4.69, 9.17) is 9.47 Å². The van der Waals surface area contributed by atoms with Crippen molar-refractivity contribution in [3.05, 3.63) is 42.5 Å². The first-order valence-corrected chi connectivity index (χ1v) is 8.05. The van der Waals surface area contributed by atoms with Gasteiger partial charge in [-0.1, -0.05) is 36.4 Å². The van der Waals surface area contributed by atoms with Crippen LogP contribution in [0.5, 0.6) is 5.75 Å². The van der Waals surface area contributed by atoms with Crippen LogP contribution in [0.25, 0.3) is 10.8 Å². The highest BCUT2D eigenvalue weighted by Gasteiger charge is 2.46. The van der Waals surface area contributed by atoms with E-state index in [0.29, 0.717) is 5.75 Å². The second-order valence-corrected chi connectivity index (χ2v) is 6.03. The molecule has 0 aliphatic carbocycles. The summed E-state index contributed by atoms with van der Waals surface area (Å²) >= 11 is 0. The number of aliphatic hydroxyl groups excluding tert-OH is 3. The van der Waals surface area contributed by atoms with Gasteiger partial charge >= 0.3 is 0 Å². The number of aliphatic hydroxyl groups is 3. The van der Waals surface area contributed by atoms with Crippen LogP contribution in [-0.4, -0.2) is 58.5 Å². The summed E-state index contributed by atoms with van der Waals surface area (Å²) in [5, 5.41) is 34.1. The first kappa shape index (κ1) is 17.6. The van der Waals surface area contributed by atoms with Gasteiger partial charge in [-0.05, 0) is 11.5 Å². The Balaban J connectivity index is 1.92. The minimum atomic E-state index is -1.34. The average molecular weight is 347 g/mol. The topological polar surface area (TPSA) is 108 Å². The fourth-order valence-electron chi connectivity index (χ4n) is 2.99. The molecule has 7 heteroatoms. The Hall–Kier alpha value is -2.19. The van der Waals surface area contributed by atoms with Crippen molar-refractivity contribution in [1.82, 2.24) is 5.32 Å². The lowest BCUT2D eigenvalue weighted by Gasteiger charge is -2.42. The molecule has 3 rings (SSSR count). The van der Waals surface area contributed by atoms with Crippen LogP contribution in [0.1, 0.15) is 6.92 Å². The molecule has 0 radical (unpaired) electrons. The van der Waals surface area contributed by atoms with Crippen molar-refractivity contribution >= 4 is 16.7 Å². The molecule has 7 nitrogen and oxygen atoms in total. The zero-order valence-corrected chi connectivity index (χ0v) is 13.7. The highest BCUT2D eigenvalue weighted by atomic mass is 16.7. The van der Waals surface area contributed by atoms with E-state index in [1.165, 1.54) is 6.92 Å². The molecule has 25 heavy (non-hydrogen) atoms. The van der Waals surface area contributed by atoms with Gasteiger partial charge in [0.2, 0.25) is 12.2 Å². The molecule has 1 amide bonds. The molecule has 2 aromatic rings. The van der Waals surface area contributed by atoms with Crippen LogP contribution < -0.4 is 10.1 Å². The van der Waals surface area contributed by atoms with Crippen LogP contribution in [-0.2, 0) is 9.53 Å². The molecule has 0 unspecified atom stereocenters. The fourth-order valence-corrected chi connectivity index (χ4v) is 2.99. The maximum atomic E-state index is 11.5. The van der Waals surface area contributed by atoms with Gasteiger partial charge in [-0.2, -0.15) is 0 Å². The molecule has 0 spiro atoms. The Kier molecular flexibility index (Phi) is 5.19. The zero-order chi connectivity index (χ0) is 18.0. The second-order valence-electron chi connectivity index (χ2n) is 6.03. The minimum Gasteiger partial charge on any atom is -0.462 e. The maximum Gasteiger partial charge on any atom is 0.223 e. The van der Waals surface area contributed by atoms with Gasteiger partial charge in [-0.3, -0.25) is 4.79 Å². The Morgan fingerprint density at radius 1 is 1.16 bits per heavy atom. The van der Waals surface area contributed by atoms with Gasteiger partial charge in [0.15, 0.2) is 0 Å². The lowest BCUT2D eigenvalue weighted by molar-refractivity contribution is -0.244. The molecule has 5 atom stereocenters. The summed E-state index contributed by atoms with van der Waals surface area (Å²) in [5.41, 5.74) is 0. The van der Waals surface area contributed by atoms with Crippen molar-refractivity contribution in [2.75, 3.05) is 6.61 Å². The predicted octanol–water partition coefficient (Wildman–Crippen LogP) is 0.162. The van der Waals surface area contributed by atoms with E-state index in [1.54, 1.807) is 6.07 Å². The predicted molar refractivity (Wildman–Crippen MR) is 89.9 cm³/mol. The number of amides is 1. The number of rotatable bonds is 4. The minimum absolute atomic E-state index is 0.395. The molecule has 1 aliphatic heterocycles. The number of fused-ring (bicyclic) bond motifs is 1. The molecule has 0 saturated carbocycles. The smallest absolute Gasteiger partial charge is 0.223 e. The number of nitrogens with one attached hydrogen (secondary N) is 1. The van der Waals surface area contributed by atoms with Crippen molar-refractivity contribution in [2.24, 2.45) is 0 Å². The van der Waals surface area contributed by atoms with Crippen molar-refractivity contribution < 1.29 is 29.6 Å². The van der Waals surface area contributed by atoms with Crippen LogP contribution in [0.15, 0.2) is 42.5 Å².